The van der Waals surface area contributed by atoms with Gasteiger partial charge in [0.15, 0.2) is 0 Å². The Balaban J connectivity index is 1.97. The van der Waals surface area contributed by atoms with Crippen LogP contribution in [-0.2, 0) is 9.84 Å². The van der Waals surface area contributed by atoms with Crippen molar-refractivity contribution < 1.29 is 23.1 Å². The van der Waals surface area contributed by atoms with Gasteiger partial charge in [0.2, 0.25) is 9.84 Å². The summed E-state index contributed by atoms with van der Waals surface area (Å²) in [5, 5.41) is 9.04. The zero-order chi connectivity index (χ0) is 17.9. The minimum Gasteiger partial charge on any atom is -0.478 e. The van der Waals surface area contributed by atoms with Crippen molar-refractivity contribution >= 4 is 15.8 Å². The summed E-state index contributed by atoms with van der Waals surface area (Å²) in [5.41, 5.74) is -0.0854. The Morgan fingerprint density at radius 3 is 2.04 bits per heavy atom. The monoisotopic (exact) mass is 354 g/mol. The van der Waals surface area contributed by atoms with Crippen LogP contribution in [0.1, 0.15) is 10.4 Å². The predicted octanol–water partition coefficient (Wildman–Crippen LogP) is 4.01. The standard InChI is InChI=1S/C19H14O5S/c20-19(21)14-6-4-10-17(12-14)25(22,23)18-11-5-9-16(13-18)24-15-7-2-1-3-8-15/h1-13H,(H,20,21). The van der Waals surface area contributed by atoms with E-state index in [2.05, 4.69) is 0 Å². The molecular weight excluding hydrogens is 340 g/mol. The van der Waals surface area contributed by atoms with Crippen LogP contribution in [0.5, 0.6) is 11.5 Å². The van der Waals surface area contributed by atoms with Crippen molar-refractivity contribution in [3.05, 3.63) is 84.4 Å². The second kappa shape index (κ2) is 6.78. The molecule has 0 aromatic heterocycles. The second-order valence-electron chi connectivity index (χ2n) is 5.23. The third-order valence-corrected chi connectivity index (χ3v) is 5.24. The van der Waals surface area contributed by atoms with Crippen LogP contribution in [0.2, 0.25) is 0 Å². The molecule has 1 N–H and O–H groups in total. The van der Waals surface area contributed by atoms with Gasteiger partial charge in [-0.05, 0) is 48.5 Å². The maximum atomic E-state index is 12.8. The molecule has 0 atom stereocenters. The van der Waals surface area contributed by atoms with Gasteiger partial charge in [0.05, 0.1) is 15.4 Å². The number of carbonyl (C=O) groups is 1. The molecule has 0 aliphatic rings. The Labute approximate surface area is 145 Å². The first-order chi connectivity index (χ1) is 12.0. The predicted molar refractivity (Wildman–Crippen MR) is 91.8 cm³/mol. The average molecular weight is 354 g/mol. The molecule has 0 saturated carbocycles. The zero-order valence-electron chi connectivity index (χ0n) is 13.0. The molecule has 0 unspecified atom stereocenters. The lowest BCUT2D eigenvalue weighted by atomic mass is 10.2. The van der Waals surface area contributed by atoms with E-state index in [1.807, 2.05) is 18.2 Å². The number of carboxylic acids is 1. The fourth-order valence-corrected chi connectivity index (χ4v) is 3.60. The SMILES string of the molecule is O=C(O)c1cccc(S(=O)(=O)c2cccc(Oc3ccccc3)c2)c1. The molecule has 3 aromatic carbocycles. The third kappa shape index (κ3) is 3.70. The Kier molecular flexibility index (Phi) is 4.54. The highest BCUT2D eigenvalue weighted by molar-refractivity contribution is 7.91. The van der Waals surface area contributed by atoms with Crippen LogP contribution < -0.4 is 4.74 Å². The molecule has 5 nitrogen and oxygen atoms in total. The molecule has 3 rings (SSSR count). The van der Waals surface area contributed by atoms with Crippen molar-refractivity contribution in [2.45, 2.75) is 9.79 Å². The summed E-state index contributed by atoms with van der Waals surface area (Å²) in [4.78, 5) is 11.0. The maximum absolute atomic E-state index is 12.8. The molecule has 3 aromatic rings. The number of aromatic carboxylic acids is 1. The number of benzene rings is 3. The zero-order valence-corrected chi connectivity index (χ0v) is 13.8. The van der Waals surface area contributed by atoms with Gasteiger partial charge in [-0.2, -0.15) is 0 Å². The van der Waals surface area contributed by atoms with Crippen LogP contribution in [0.3, 0.4) is 0 Å². The molecule has 0 saturated heterocycles. The van der Waals surface area contributed by atoms with Gasteiger partial charge >= 0.3 is 5.97 Å². The summed E-state index contributed by atoms with van der Waals surface area (Å²) in [6, 6.07) is 20.3. The molecule has 0 aliphatic heterocycles. The van der Waals surface area contributed by atoms with Gasteiger partial charge in [-0.3, -0.25) is 0 Å². The van der Waals surface area contributed by atoms with Crippen molar-refractivity contribution in [1.82, 2.24) is 0 Å². The minimum absolute atomic E-state index is 0.0310. The molecule has 0 heterocycles. The van der Waals surface area contributed by atoms with Crippen molar-refractivity contribution in [2.75, 3.05) is 0 Å². The minimum atomic E-state index is -3.85. The van der Waals surface area contributed by atoms with Gasteiger partial charge < -0.3 is 9.84 Å². The Morgan fingerprint density at radius 1 is 0.760 bits per heavy atom. The third-order valence-electron chi connectivity index (χ3n) is 3.49. The van der Waals surface area contributed by atoms with Gasteiger partial charge in [-0.25, -0.2) is 13.2 Å². The highest BCUT2D eigenvalue weighted by Gasteiger charge is 2.19. The van der Waals surface area contributed by atoms with E-state index >= 15 is 0 Å². The number of carboxylic acid groups (broad SMARTS) is 1. The van der Waals surface area contributed by atoms with Crippen molar-refractivity contribution in [3.8, 4) is 11.5 Å². The average Bonchev–Trinajstić information content (AvgIpc) is 2.63. The quantitative estimate of drug-likeness (QED) is 0.749. The van der Waals surface area contributed by atoms with Gasteiger partial charge in [-0.15, -0.1) is 0 Å². The van der Waals surface area contributed by atoms with E-state index < -0.39 is 15.8 Å². The van der Waals surface area contributed by atoms with E-state index in [1.54, 1.807) is 24.3 Å². The van der Waals surface area contributed by atoms with Crippen LogP contribution in [0.15, 0.2) is 88.7 Å². The van der Waals surface area contributed by atoms with Crippen LogP contribution in [-0.4, -0.2) is 19.5 Å². The normalized spacial score (nSPS) is 11.0. The van der Waals surface area contributed by atoms with Crippen molar-refractivity contribution in [2.24, 2.45) is 0 Å². The van der Waals surface area contributed by atoms with E-state index in [0.717, 1.165) is 6.07 Å². The molecule has 6 heteroatoms. The first kappa shape index (κ1) is 16.7. The summed E-state index contributed by atoms with van der Waals surface area (Å²) in [7, 11) is -3.85. The topological polar surface area (TPSA) is 80.7 Å². The smallest absolute Gasteiger partial charge is 0.335 e. The molecular formula is C19H14O5S. The van der Waals surface area contributed by atoms with Gasteiger partial charge in [-0.1, -0.05) is 30.3 Å². The Hall–Kier alpha value is -3.12. The van der Waals surface area contributed by atoms with E-state index in [4.69, 9.17) is 9.84 Å². The highest BCUT2D eigenvalue weighted by Crippen LogP contribution is 2.27. The first-order valence-electron chi connectivity index (χ1n) is 7.38. The number of rotatable bonds is 5. The fourth-order valence-electron chi connectivity index (χ4n) is 2.26. The molecule has 0 radical (unpaired) electrons. The van der Waals surface area contributed by atoms with E-state index in [-0.39, 0.29) is 15.4 Å². The fraction of sp³-hybridized carbons (Fsp3) is 0. The van der Waals surface area contributed by atoms with Crippen molar-refractivity contribution in [3.63, 3.8) is 0 Å². The maximum Gasteiger partial charge on any atom is 0.335 e. The van der Waals surface area contributed by atoms with Crippen LogP contribution in [0.25, 0.3) is 0 Å². The van der Waals surface area contributed by atoms with Gasteiger partial charge in [0, 0.05) is 0 Å². The summed E-state index contributed by atoms with van der Waals surface area (Å²) in [6.45, 7) is 0. The molecule has 25 heavy (non-hydrogen) atoms. The first-order valence-corrected chi connectivity index (χ1v) is 8.86. The largest absolute Gasteiger partial charge is 0.478 e. The number of ether oxygens (including phenoxy) is 1. The van der Waals surface area contributed by atoms with Crippen LogP contribution in [0, 0.1) is 0 Å². The molecule has 0 aliphatic carbocycles. The summed E-state index contributed by atoms with van der Waals surface area (Å²) in [5.74, 6) is -0.218. The molecule has 0 amide bonds. The van der Waals surface area contributed by atoms with E-state index in [9.17, 15) is 13.2 Å². The molecule has 126 valence electrons. The Morgan fingerprint density at radius 2 is 1.36 bits per heavy atom. The lowest BCUT2D eigenvalue weighted by molar-refractivity contribution is 0.0696. The van der Waals surface area contributed by atoms with E-state index in [1.165, 1.54) is 30.3 Å². The number of hydrogen-bond acceptors (Lipinski definition) is 4. The number of para-hydroxylation sites is 1. The number of hydrogen-bond donors (Lipinski definition) is 1. The van der Waals surface area contributed by atoms with Gasteiger partial charge in [0.25, 0.3) is 0 Å². The Bertz CT molecular complexity index is 1010. The summed E-state index contributed by atoms with van der Waals surface area (Å²) in [6.07, 6.45) is 0. The van der Waals surface area contributed by atoms with Crippen LogP contribution in [0.4, 0.5) is 0 Å². The van der Waals surface area contributed by atoms with E-state index in [0.29, 0.717) is 11.5 Å². The summed E-state index contributed by atoms with van der Waals surface area (Å²) < 4.78 is 31.2. The van der Waals surface area contributed by atoms with Crippen LogP contribution >= 0.6 is 0 Å². The van der Waals surface area contributed by atoms with Gasteiger partial charge in [0.1, 0.15) is 11.5 Å². The lowest BCUT2D eigenvalue weighted by Gasteiger charge is -2.09. The molecule has 0 spiro atoms. The number of sulfone groups is 1. The summed E-state index contributed by atoms with van der Waals surface area (Å²) >= 11 is 0. The lowest BCUT2D eigenvalue weighted by Crippen LogP contribution is -2.04. The molecule has 0 bridgehead atoms. The molecule has 0 fully saturated rings. The second-order valence-corrected chi connectivity index (χ2v) is 7.18. The van der Waals surface area contributed by atoms with Crippen molar-refractivity contribution in [1.29, 1.82) is 0 Å². The highest BCUT2D eigenvalue weighted by atomic mass is 32.2.